The fourth-order valence-electron chi connectivity index (χ4n) is 2.81. The third-order valence-electron chi connectivity index (χ3n) is 3.76. The van der Waals surface area contributed by atoms with Crippen LogP contribution in [0.5, 0.6) is 5.75 Å². The maximum absolute atomic E-state index is 12.5. The van der Waals surface area contributed by atoms with Gasteiger partial charge in [-0.25, -0.2) is 0 Å². The van der Waals surface area contributed by atoms with Gasteiger partial charge < -0.3 is 9.64 Å². The molecule has 20 heavy (non-hydrogen) atoms. The monoisotopic (exact) mass is 271 g/mol. The maximum Gasteiger partial charge on any atom is 0.257 e. The summed E-state index contributed by atoms with van der Waals surface area (Å²) in [5.74, 6) is 0.858. The van der Waals surface area contributed by atoms with Gasteiger partial charge in [0, 0.05) is 18.3 Å². The first-order chi connectivity index (χ1) is 9.81. The van der Waals surface area contributed by atoms with Gasteiger partial charge in [0.25, 0.3) is 5.91 Å². The molecule has 1 aromatic carbocycles. The lowest BCUT2D eigenvalue weighted by Crippen LogP contribution is -2.30. The molecule has 1 aliphatic rings. The number of ether oxygens (including phenoxy) is 1. The van der Waals surface area contributed by atoms with E-state index in [1.54, 1.807) is 19.5 Å². The van der Waals surface area contributed by atoms with Gasteiger partial charge in [0.05, 0.1) is 24.9 Å². The highest BCUT2D eigenvalue weighted by Crippen LogP contribution is 2.37. The van der Waals surface area contributed by atoms with E-state index in [1.807, 2.05) is 29.2 Å². The molecular formula is C15H17N3O2. The minimum absolute atomic E-state index is 0.0205. The lowest BCUT2D eigenvalue weighted by Gasteiger charge is -2.25. The largest absolute Gasteiger partial charge is 0.496 e. The molecule has 0 spiro atoms. The second-order valence-electron chi connectivity index (χ2n) is 4.89. The summed E-state index contributed by atoms with van der Waals surface area (Å²) in [6, 6.07) is 7.98. The van der Waals surface area contributed by atoms with Crippen molar-refractivity contribution >= 4 is 5.91 Å². The van der Waals surface area contributed by atoms with Crippen LogP contribution in [0.15, 0.2) is 36.7 Å². The average Bonchev–Trinajstić information content (AvgIpc) is 3.17. The molecule has 1 aliphatic heterocycles. The smallest absolute Gasteiger partial charge is 0.257 e. The zero-order valence-electron chi connectivity index (χ0n) is 11.4. The van der Waals surface area contributed by atoms with Gasteiger partial charge in [-0.2, -0.15) is 5.10 Å². The first-order valence-electron chi connectivity index (χ1n) is 6.74. The highest BCUT2D eigenvalue weighted by molar-refractivity contribution is 5.94. The van der Waals surface area contributed by atoms with Crippen molar-refractivity contribution in [1.82, 2.24) is 15.1 Å². The quantitative estimate of drug-likeness (QED) is 0.932. The highest BCUT2D eigenvalue weighted by Gasteiger charge is 2.32. The Hall–Kier alpha value is -2.30. The van der Waals surface area contributed by atoms with E-state index in [0.29, 0.717) is 5.56 Å². The fraction of sp³-hybridized carbons (Fsp3) is 0.333. The lowest BCUT2D eigenvalue weighted by atomic mass is 10.0. The number of hydrogen-bond donors (Lipinski definition) is 1. The SMILES string of the molecule is COc1ccccc1[C@@H]1CCCN1C(=O)c1cn[nH]c1. The summed E-state index contributed by atoms with van der Waals surface area (Å²) >= 11 is 0. The van der Waals surface area contributed by atoms with Gasteiger partial charge in [-0.05, 0) is 18.9 Å². The Bertz CT molecular complexity index is 595. The minimum Gasteiger partial charge on any atom is -0.496 e. The van der Waals surface area contributed by atoms with Crippen molar-refractivity contribution in [2.24, 2.45) is 0 Å². The number of nitrogens with one attached hydrogen (secondary N) is 1. The summed E-state index contributed by atoms with van der Waals surface area (Å²) in [7, 11) is 1.66. The number of H-pyrrole nitrogens is 1. The fourth-order valence-corrected chi connectivity index (χ4v) is 2.81. The number of amides is 1. The Morgan fingerprint density at radius 1 is 1.45 bits per heavy atom. The van der Waals surface area contributed by atoms with Crippen LogP contribution >= 0.6 is 0 Å². The summed E-state index contributed by atoms with van der Waals surface area (Å²) in [4.78, 5) is 14.4. The van der Waals surface area contributed by atoms with E-state index in [-0.39, 0.29) is 11.9 Å². The average molecular weight is 271 g/mol. The van der Waals surface area contributed by atoms with Crippen LogP contribution in [0.25, 0.3) is 0 Å². The molecule has 0 saturated carbocycles. The summed E-state index contributed by atoms with van der Waals surface area (Å²) in [5.41, 5.74) is 1.68. The third-order valence-corrected chi connectivity index (χ3v) is 3.76. The summed E-state index contributed by atoms with van der Waals surface area (Å²) in [5, 5.41) is 6.54. The molecule has 5 nitrogen and oxygen atoms in total. The molecular weight excluding hydrogens is 254 g/mol. The summed E-state index contributed by atoms with van der Waals surface area (Å²) in [6.45, 7) is 0.771. The van der Waals surface area contributed by atoms with Crippen LogP contribution in [0.1, 0.15) is 34.8 Å². The molecule has 1 N–H and O–H groups in total. The molecule has 5 heteroatoms. The van der Waals surface area contributed by atoms with Crippen LogP contribution in [-0.2, 0) is 0 Å². The van der Waals surface area contributed by atoms with Gasteiger partial charge in [0.2, 0.25) is 0 Å². The van der Waals surface area contributed by atoms with E-state index in [1.165, 1.54) is 0 Å². The first-order valence-corrected chi connectivity index (χ1v) is 6.74. The van der Waals surface area contributed by atoms with Crippen LogP contribution in [0.2, 0.25) is 0 Å². The van der Waals surface area contributed by atoms with Crippen LogP contribution in [0.4, 0.5) is 0 Å². The number of carbonyl (C=O) groups is 1. The van der Waals surface area contributed by atoms with Crippen LogP contribution in [0, 0.1) is 0 Å². The summed E-state index contributed by atoms with van der Waals surface area (Å²) < 4.78 is 5.42. The van der Waals surface area contributed by atoms with Crippen LogP contribution in [0.3, 0.4) is 0 Å². The minimum atomic E-state index is 0.0205. The predicted octanol–water partition coefficient (Wildman–Crippen LogP) is 2.40. The molecule has 1 atom stereocenters. The molecule has 2 aromatic rings. The second-order valence-corrected chi connectivity index (χ2v) is 4.89. The topological polar surface area (TPSA) is 58.2 Å². The maximum atomic E-state index is 12.5. The lowest BCUT2D eigenvalue weighted by molar-refractivity contribution is 0.0734. The van der Waals surface area contributed by atoms with E-state index in [0.717, 1.165) is 30.7 Å². The van der Waals surface area contributed by atoms with Crippen LogP contribution < -0.4 is 4.74 Å². The van der Waals surface area contributed by atoms with Crippen molar-refractivity contribution in [2.45, 2.75) is 18.9 Å². The van der Waals surface area contributed by atoms with Gasteiger partial charge >= 0.3 is 0 Å². The van der Waals surface area contributed by atoms with Crippen molar-refractivity contribution in [3.8, 4) is 5.75 Å². The zero-order chi connectivity index (χ0) is 13.9. The molecule has 1 amide bonds. The number of likely N-dealkylation sites (tertiary alicyclic amines) is 1. The van der Waals surface area contributed by atoms with E-state index in [4.69, 9.17) is 4.74 Å². The van der Waals surface area contributed by atoms with Crippen molar-refractivity contribution < 1.29 is 9.53 Å². The number of aromatic nitrogens is 2. The molecule has 0 unspecified atom stereocenters. The molecule has 1 fully saturated rings. The van der Waals surface area contributed by atoms with E-state index in [9.17, 15) is 4.79 Å². The highest BCUT2D eigenvalue weighted by atomic mass is 16.5. The Labute approximate surface area is 117 Å². The van der Waals surface area contributed by atoms with Crippen molar-refractivity contribution in [3.63, 3.8) is 0 Å². The zero-order valence-corrected chi connectivity index (χ0v) is 11.4. The predicted molar refractivity (Wildman–Crippen MR) is 74.6 cm³/mol. The molecule has 2 heterocycles. The molecule has 1 saturated heterocycles. The van der Waals surface area contributed by atoms with E-state index in [2.05, 4.69) is 10.2 Å². The van der Waals surface area contributed by atoms with E-state index >= 15 is 0 Å². The number of methoxy groups -OCH3 is 1. The normalized spacial score (nSPS) is 18.2. The van der Waals surface area contributed by atoms with Gasteiger partial charge in [0.1, 0.15) is 5.75 Å². The van der Waals surface area contributed by atoms with Crippen molar-refractivity contribution in [1.29, 1.82) is 0 Å². The molecule has 1 aromatic heterocycles. The number of hydrogen-bond acceptors (Lipinski definition) is 3. The standard InChI is InChI=1S/C15H17N3O2/c1-20-14-7-3-2-5-12(14)13-6-4-8-18(13)15(19)11-9-16-17-10-11/h2-3,5,7,9-10,13H,4,6,8H2,1H3,(H,16,17)/t13-/m0/s1. The van der Waals surface area contributed by atoms with E-state index < -0.39 is 0 Å². The number of para-hydroxylation sites is 1. The number of benzene rings is 1. The van der Waals surface area contributed by atoms with Gasteiger partial charge in [0.15, 0.2) is 0 Å². The van der Waals surface area contributed by atoms with Gasteiger partial charge in [-0.3, -0.25) is 9.89 Å². The molecule has 104 valence electrons. The number of carbonyl (C=O) groups excluding carboxylic acids is 1. The molecule has 0 radical (unpaired) electrons. The van der Waals surface area contributed by atoms with Gasteiger partial charge in [-0.15, -0.1) is 0 Å². The first kappa shape index (κ1) is 12.7. The Balaban J connectivity index is 1.91. The Morgan fingerprint density at radius 3 is 3.05 bits per heavy atom. The third kappa shape index (κ3) is 2.15. The van der Waals surface area contributed by atoms with Crippen molar-refractivity contribution in [2.75, 3.05) is 13.7 Å². The summed E-state index contributed by atoms with van der Waals surface area (Å²) in [6.07, 6.45) is 5.18. The number of nitrogens with zero attached hydrogens (tertiary/aromatic N) is 2. The second kappa shape index (κ2) is 5.36. The van der Waals surface area contributed by atoms with Gasteiger partial charge in [-0.1, -0.05) is 18.2 Å². The van der Waals surface area contributed by atoms with Crippen molar-refractivity contribution in [3.05, 3.63) is 47.8 Å². The molecule has 3 rings (SSSR count). The number of rotatable bonds is 3. The Morgan fingerprint density at radius 2 is 2.30 bits per heavy atom. The molecule has 0 bridgehead atoms. The Kier molecular flexibility index (Phi) is 3.41. The number of aromatic amines is 1. The van der Waals surface area contributed by atoms with Crippen LogP contribution in [-0.4, -0.2) is 34.7 Å². The molecule has 0 aliphatic carbocycles.